The van der Waals surface area contributed by atoms with Gasteiger partial charge in [-0.15, -0.1) is 0 Å². The molecule has 62 valence electrons. The highest BCUT2D eigenvalue weighted by Gasteiger charge is 2.09. The summed E-state index contributed by atoms with van der Waals surface area (Å²) in [5.41, 5.74) is 0. The fourth-order valence-electron chi connectivity index (χ4n) is 0.632. The fraction of sp³-hybridized carbons (Fsp3) is 0. The zero-order valence-corrected chi connectivity index (χ0v) is 6.24. The number of imide groups is 1. The monoisotopic (exact) mass is 165 g/mol. The van der Waals surface area contributed by atoms with Gasteiger partial charge in [-0.2, -0.15) is 0 Å². The van der Waals surface area contributed by atoms with Crippen molar-refractivity contribution in [3.05, 3.63) is 36.8 Å². The maximum atomic E-state index is 11.0. The molecule has 0 aliphatic heterocycles. The molecule has 4 heteroatoms. The van der Waals surface area contributed by atoms with Crippen LogP contribution in [0, 0.1) is 0 Å². The van der Waals surface area contributed by atoms with Crippen molar-refractivity contribution in [2.75, 3.05) is 0 Å². The fourth-order valence-corrected chi connectivity index (χ4v) is 0.632. The van der Waals surface area contributed by atoms with Gasteiger partial charge in [0.2, 0.25) is 5.91 Å². The van der Waals surface area contributed by atoms with E-state index < -0.39 is 11.8 Å². The zero-order chi connectivity index (χ0) is 8.97. The number of hydrogen-bond donors (Lipinski definition) is 1. The average Bonchev–Trinajstić information content (AvgIpc) is 2.56. The van der Waals surface area contributed by atoms with Crippen LogP contribution in [0.2, 0.25) is 0 Å². The summed E-state index contributed by atoms with van der Waals surface area (Å²) >= 11 is 0. The van der Waals surface area contributed by atoms with Crippen molar-refractivity contribution in [3.63, 3.8) is 0 Å². The Bertz CT molecular complexity index is 300. The predicted molar refractivity (Wildman–Crippen MR) is 41.4 cm³/mol. The molecule has 1 aromatic heterocycles. The molecule has 0 aliphatic rings. The molecule has 0 saturated heterocycles. The molecule has 0 saturated carbocycles. The third-order valence-corrected chi connectivity index (χ3v) is 1.17. The van der Waals surface area contributed by atoms with E-state index in [0.717, 1.165) is 6.08 Å². The molecule has 1 rings (SSSR count). The number of amides is 2. The quantitative estimate of drug-likeness (QED) is 0.657. The van der Waals surface area contributed by atoms with Crippen molar-refractivity contribution < 1.29 is 14.0 Å². The van der Waals surface area contributed by atoms with Gasteiger partial charge in [-0.3, -0.25) is 14.9 Å². The number of carbonyl (C=O) groups excluding carboxylic acids is 2. The summed E-state index contributed by atoms with van der Waals surface area (Å²) in [7, 11) is 0. The van der Waals surface area contributed by atoms with E-state index in [2.05, 4.69) is 6.58 Å². The van der Waals surface area contributed by atoms with E-state index in [9.17, 15) is 9.59 Å². The van der Waals surface area contributed by atoms with Crippen LogP contribution in [0.25, 0.3) is 0 Å². The number of carbonyl (C=O) groups is 2. The van der Waals surface area contributed by atoms with Gasteiger partial charge in [0, 0.05) is 0 Å². The molecule has 4 nitrogen and oxygen atoms in total. The minimum Gasteiger partial charge on any atom is -0.459 e. The smallest absolute Gasteiger partial charge is 0.293 e. The number of nitrogens with one attached hydrogen (secondary N) is 1. The van der Waals surface area contributed by atoms with Gasteiger partial charge in [0.25, 0.3) is 5.91 Å². The van der Waals surface area contributed by atoms with Crippen LogP contribution in [0.1, 0.15) is 10.6 Å². The summed E-state index contributed by atoms with van der Waals surface area (Å²) in [4.78, 5) is 21.6. The minimum absolute atomic E-state index is 0.102. The molecule has 1 aromatic rings. The molecule has 0 spiro atoms. The van der Waals surface area contributed by atoms with Gasteiger partial charge in [-0.25, -0.2) is 0 Å². The predicted octanol–water partition coefficient (Wildman–Crippen LogP) is 0.722. The van der Waals surface area contributed by atoms with Crippen molar-refractivity contribution in [1.82, 2.24) is 5.32 Å². The van der Waals surface area contributed by atoms with Crippen LogP contribution in [0.15, 0.2) is 35.5 Å². The van der Waals surface area contributed by atoms with Crippen molar-refractivity contribution in [2.24, 2.45) is 0 Å². The Morgan fingerprint density at radius 1 is 1.58 bits per heavy atom. The topological polar surface area (TPSA) is 59.3 Å². The summed E-state index contributed by atoms with van der Waals surface area (Å²) in [6.45, 7) is 3.20. The first-order chi connectivity index (χ1) is 5.74. The summed E-state index contributed by atoms with van der Waals surface area (Å²) in [6, 6.07) is 3.03. The Morgan fingerprint density at radius 2 is 2.33 bits per heavy atom. The lowest BCUT2D eigenvalue weighted by Crippen LogP contribution is -2.28. The first kappa shape index (κ1) is 8.26. The van der Waals surface area contributed by atoms with Gasteiger partial charge in [0.05, 0.1) is 6.26 Å². The zero-order valence-electron chi connectivity index (χ0n) is 6.24. The molecule has 0 fully saturated rings. The van der Waals surface area contributed by atoms with Crippen LogP contribution in [0.4, 0.5) is 0 Å². The van der Waals surface area contributed by atoms with E-state index in [0.29, 0.717) is 0 Å². The lowest BCUT2D eigenvalue weighted by molar-refractivity contribution is -0.115. The van der Waals surface area contributed by atoms with Crippen LogP contribution < -0.4 is 5.32 Å². The first-order valence-corrected chi connectivity index (χ1v) is 3.25. The second-order valence-corrected chi connectivity index (χ2v) is 2.00. The summed E-state index contributed by atoms with van der Waals surface area (Å²) in [5, 5.41) is 2.04. The SMILES string of the molecule is C=CC(=O)NC(=O)c1ccco1. The van der Waals surface area contributed by atoms with Gasteiger partial charge in [-0.05, 0) is 18.2 Å². The molecular formula is C8H7NO3. The summed E-state index contributed by atoms with van der Waals surface area (Å²) in [6.07, 6.45) is 2.37. The van der Waals surface area contributed by atoms with Crippen molar-refractivity contribution in [2.45, 2.75) is 0 Å². The maximum absolute atomic E-state index is 11.0. The van der Waals surface area contributed by atoms with Crippen LogP contribution in [-0.4, -0.2) is 11.8 Å². The number of furan rings is 1. The Hall–Kier alpha value is -1.84. The standard InChI is InChI=1S/C8H7NO3/c1-2-7(10)9-8(11)6-4-3-5-12-6/h2-5H,1H2,(H,9,10,11). The Morgan fingerprint density at radius 3 is 2.83 bits per heavy atom. The van der Waals surface area contributed by atoms with Crippen LogP contribution >= 0.6 is 0 Å². The van der Waals surface area contributed by atoms with Gasteiger partial charge in [0.1, 0.15) is 0 Å². The normalized spacial score (nSPS) is 9.00. The Labute approximate surface area is 68.9 Å². The van der Waals surface area contributed by atoms with Gasteiger partial charge in [-0.1, -0.05) is 6.58 Å². The van der Waals surface area contributed by atoms with Crippen molar-refractivity contribution in [1.29, 1.82) is 0 Å². The van der Waals surface area contributed by atoms with E-state index in [1.165, 1.54) is 12.3 Å². The average molecular weight is 165 g/mol. The Kier molecular flexibility index (Phi) is 2.42. The summed E-state index contributed by atoms with van der Waals surface area (Å²) in [5.74, 6) is -1.01. The van der Waals surface area contributed by atoms with Crippen LogP contribution in [-0.2, 0) is 4.79 Å². The molecule has 0 unspecified atom stereocenters. The van der Waals surface area contributed by atoms with Crippen molar-refractivity contribution >= 4 is 11.8 Å². The minimum atomic E-state index is -0.565. The van der Waals surface area contributed by atoms with Crippen molar-refractivity contribution in [3.8, 4) is 0 Å². The second kappa shape index (κ2) is 3.52. The molecule has 0 aromatic carbocycles. The molecule has 0 atom stereocenters. The van der Waals surface area contributed by atoms with Crippen LogP contribution in [0.5, 0.6) is 0 Å². The van der Waals surface area contributed by atoms with E-state index in [4.69, 9.17) is 4.42 Å². The molecule has 1 N–H and O–H groups in total. The largest absolute Gasteiger partial charge is 0.459 e. The molecule has 1 heterocycles. The van der Waals surface area contributed by atoms with E-state index in [1.807, 2.05) is 5.32 Å². The number of rotatable bonds is 2. The molecule has 0 radical (unpaired) electrons. The molecular weight excluding hydrogens is 158 g/mol. The highest BCUT2D eigenvalue weighted by molar-refractivity contribution is 6.06. The number of hydrogen-bond acceptors (Lipinski definition) is 3. The first-order valence-electron chi connectivity index (χ1n) is 3.25. The second-order valence-electron chi connectivity index (χ2n) is 2.00. The van der Waals surface area contributed by atoms with Gasteiger partial charge < -0.3 is 4.42 Å². The third-order valence-electron chi connectivity index (χ3n) is 1.17. The molecule has 12 heavy (non-hydrogen) atoms. The van der Waals surface area contributed by atoms with E-state index in [1.54, 1.807) is 6.07 Å². The third kappa shape index (κ3) is 1.82. The maximum Gasteiger partial charge on any atom is 0.293 e. The molecule has 0 bridgehead atoms. The van der Waals surface area contributed by atoms with Crippen LogP contribution in [0.3, 0.4) is 0 Å². The lowest BCUT2D eigenvalue weighted by Gasteiger charge is -1.95. The summed E-state index contributed by atoms with van der Waals surface area (Å²) < 4.78 is 4.74. The molecule has 2 amide bonds. The van der Waals surface area contributed by atoms with E-state index >= 15 is 0 Å². The Balaban J connectivity index is 2.62. The lowest BCUT2D eigenvalue weighted by atomic mass is 10.4. The highest BCUT2D eigenvalue weighted by atomic mass is 16.3. The van der Waals surface area contributed by atoms with E-state index in [-0.39, 0.29) is 5.76 Å². The molecule has 0 aliphatic carbocycles. The van der Waals surface area contributed by atoms with Gasteiger partial charge in [0.15, 0.2) is 5.76 Å². The highest BCUT2D eigenvalue weighted by Crippen LogP contribution is 1.98. The van der Waals surface area contributed by atoms with Gasteiger partial charge >= 0.3 is 0 Å².